The fraction of sp³-hybridized carbons (Fsp3) is 0.500. The molecule has 1 aromatic carbocycles. The van der Waals surface area contributed by atoms with Crippen LogP contribution in [0.3, 0.4) is 0 Å². The summed E-state index contributed by atoms with van der Waals surface area (Å²) >= 11 is 0. The van der Waals surface area contributed by atoms with Gasteiger partial charge in [-0.1, -0.05) is 32.9 Å². The Hall–Kier alpha value is -1.88. The average molecular weight is 292 g/mol. The third-order valence-corrected chi connectivity index (χ3v) is 3.06. The second-order valence-corrected chi connectivity index (χ2v) is 6.08. The van der Waals surface area contributed by atoms with E-state index in [1.54, 1.807) is 0 Å². The smallest absolute Gasteiger partial charge is 0.323 e. The molecule has 0 saturated heterocycles. The van der Waals surface area contributed by atoms with Crippen molar-refractivity contribution in [2.45, 2.75) is 40.3 Å². The van der Waals surface area contributed by atoms with E-state index in [-0.39, 0.29) is 17.3 Å². The molecule has 0 aliphatic rings. The summed E-state index contributed by atoms with van der Waals surface area (Å²) in [6, 6.07) is 7.12. The first-order valence-corrected chi connectivity index (χ1v) is 6.92. The normalized spacial score (nSPS) is 12.6. The summed E-state index contributed by atoms with van der Waals surface area (Å²) in [7, 11) is 1.39. The molecule has 0 radical (unpaired) electrons. The van der Waals surface area contributed by atoms with Crippen molar-refractivity contribution in [1.82, 2.24) is 5.32 Å². The quantitative estimate of drug-likeness (QED) is 0.817. The lowest BCUT2D eigenvalue weighted by Crippen LogP contribution is -2.46. The lowest BCUT2D eigenvalue weighted by Gasteiger charge is -2.29. The number of nitrogens with one attached hydrogen (secondary N) is 2. The third kappa shape index (κ3) is 5.55. The SMILES string of the molecule is COC(=O)[C@@H](NCc1cccc(NC(C)=O)c1)C(C)(C)C. The molecule has 5 heteroatoms. The molecule has 1 rings (SSSR count). The van der Waals surface area contributed by atoms with Gasteiger partial charge in [0.1, 0.15) is 6.04 Å². The Balaban J connectivity index is 2.76. The molecule has 21 heavy (non-hydrogen) atoms. The van der Waals surface area contributed by atoms with Crippen LogP contribution in [0.4, 0.5) is 5.69 Å². The highest BCUT2D eigenvalue weighted by molar-refractivity contribution is 5.88. The number of amides is 1. The Morgan fingerprint density at radius 1 is 1.29 bits per heavy atom. The highest BCUT2D eigenvalue weighted by Gasteiger charge is 2.31. The van der Waals surface area contributed by atoms with Gasteiger partial charge in [0.15, 0.2) is 0 Å². The first kappa shape index (κ1) is 17.2. The van der Waals surface area contributed by atoms with Crippen LogP contribution in [0.2, 0.25) is 0 Å². The molecule has 116 valence electrons. The monoisotopic (exact) mass is 292 g/mol. The minimum absolute atomic E-state index is 0.109. The van der Waals surface area contributed by atoms with Gasteiger partial charge in [-0.3, -0.25) is 14.9 Å². The molecule has 0 fully saturated rings. The predicted octanol–water partition coefficient (Wildman–Crippen LogP) is 2.32. The molecule has 1 aromatic rings. The molecular formula is C16H24N2O3. The Morgan fingerprint density at radius 3 is 2.48 bits per heavy atom. The molecular weight excluding hydrogens is 268 g/mol. The van der Waals surface area contributed by atoms with Gasteiger partial charge in [-0.15, -0.1) is 0 Å². The molecule has 0 aromatic heterocycles. The number of methoxy groups -OCH3 is 1. The molecule has 0 aliphatic heterocycles. The van der Waals surface area contributed by atoms with E-state index < -0.39 is 6.04 Å². The summed E-state index contributed by atoms with van der Waals surface area (Å²) in [5.41, 5.74) is 1.48. The molecule has 1 amide bonds. The number of hydrogen-bond donors (Lipinski definition) is 2. The van der Waals surface area contributed by atoms with Gasteiger partial charge in [0.2, 0.25) is 5.91 Å². The summed E-state index contributed by atoms with van der Waals surface area (Å²) < 4.78 is 4.85. The van der Waals surface area contributed by atoms with Gasteiger partial charge in [-0.2, -0.15) is 0 Å². The maximum absolute atomic E-state index is 11.9. The van der Waals surface area contributed by atoms with Crippen LogP contribution >= 0.6 is 0 Å². The van der Waals surface area contributed by atoms with E-state index in [0.717, 1.165) is 11.3 Å². The van der Waals surface area contributed by atoms with Crippen LogP contribution < -0.4 is 10.6 Å². The Labute approximate surface area is 126 Å². The van der Waals surface area contributed by atoms with E-state index >= 15 is 0 Å². The van der Waals surface area contributed by atoms with Gasteiger partial charge in [-0.25, -0.2) is 0 Å². The predicted molar refractivity (Wildman–Crippen MR) is 82.8 cm³/mol. The van der Waals surface area contributed by atoms with Gasteiger partial charge in [0.25, 0.3) is 0 Å². The van der Waals surface area contributed by atoms with Crippen molar-refractivity contribution in [3.63, 3.8) is 0 Å². The lowest BCUT2D eigenvalue weighted by molar-refractivity contribution is -0.146. The lowest BCUT2D eigenvalue weighted by atomic mass is 9.86. The second kappa shape index (κ2) is 7.22. The van der Waals surface area contributed by atoms with Crippen molar-refractivity contribution in [1.29, 1.82) is 0 Å². The molecule has 0 heterocycles. The van der Waals surface area contributed by atoms with Crippen molar-refractivity contribution < 1.29 is 14.3 Å². The van der Waals surface area contributed by atoms with Crippen LogP contribution in [0.25, 0.3) is 0 Å². The van der Waals surface area contributed by atoms with Crippen LogP contribution in [0.1, 0.15) is 33.3 Å². The van der Waals surface area contributed by atoms with Crippen molar-refractivity contribution in [3.05, 3.63) is 29.8 Å². The van der Waals surface area contributed by atoms with Gasteiger partial charge < -0.3 is 10.1 Å². The molecule has 0 saturated carbocycles. The minimum Gasteiger partial charge on any atom is -0.468 e. The maximum Gasteiger partial charge on any atom is 0.323 e. The number of carbonyl (C=O) groups excluding carboxylic acids is 2. The fourth-order valence-electron chi connectivity index (χ4n) is 2.04. The zero-order chi connectivity index (χ0) is 16.0. The molecule has 1 atom stereocenters. The highest BCUT2D eigenvalue weighted by Crippen LogP contribution is 2.21. The second-order valence-electron chi connectivity index (χ2n) is 6.08. The highest BCUT2D eigenvalue weighted by atomic mass is 16.5. The van der Waals surface area contributed by atoms with Gasteiger partial charge in [-0.05, 0) is 23.1 Å². The number of esters is 1. The van der Waals surface area contributed by atoms with E-state index in [1.165, 1.54) is 14.0 Å². The van der Waals surface area contributed by atoms with Crippen molar-refractivity contribution in [2.24, 2.45) is 5.41 Å². The summed E-state index contributed by atoms with van der Waals surface area (Å²) in [6.07, 6.45) is 0. The zero-order valence-electron chi connectivity index (χ0n) is 13.3. The largest absolute Gasteiger partial charge is 0.468 e. The van der Waals surface area contributed by atoms with Crippen LogP contribution in [-0.4, -0.2) is 25.0 Å². The Morgan fingerprint density at radius 2 is 1.95 bits per heavy atom. The number of hydrogen-bond acceptors (Lipinski definition) is 4. The third-order valence-electron chi connectivity index (χ3n) is 3.06. The van der Waals surface area contributed by atoms with E-state index in [2.05, 4.69) is 10.6 Å². The van der Waals surface area contributed by atoms with Gasteiger partial charge in [0.05, 0.1) is 7.11 Å². The van der Waals surface area contributed by atoms with E-state index in [1.807, 2.05) is 45.0 Å². The van der Waals surface area contributed by atoms with E-state index in [4.69, 9.17) is 4.74 Å². The molecule has 0 bridgehead atoms. The standard InChI is InChI=1S/C16H24N2O3/c1-11(19)18-13-8-6-7-12(9-13)10-17-14(15(20)21-5)16(2,3)4/h6-9,14,17H,10H2,1-5H3,(H,18,19)/t14-/m1/s1. The molecule has 0 unspecified atom stereocenters. The summed E-state index contributed by atoms with van der Waals surface area (Å²) in [5.74, 6) is -0.386. The van der Waals surface area contributed by atoms with Crippen LogP contribution in [-0.2, 0) is 20.9 Å². The van der Waals surface area contributed by atoms with Crippen molar-refractivity contribution >= 4 is 17.6 Å². The molecule has 0 spiro atoms. The van der Waals surface area contributed by atoms with Crippen LogP contribution in [0.15, 0.2) is 24.3 Å². The first-order chi connectivity index (χ1) is 9.74. The van der Waals surface area contributed by atoms with Gasteiger partial charge in [0, 0.05) is 19.2 Å². The summed E-state index contributed by atoms with van der Waals surface area (Å²) in [5, 5.41) is 5.96. The minimum atomic E-state index is -0.396. The topological polar surface area (TPSA) is 67.4 Å². The zero-order valence-corrected chi connectivity index (χ0v) is 13.3. The maximum atomic E-state index is 11.9. The Kier molecular flexibility index (Phi) is 5.90. The number of carbonyl (C=O) groups is 2. The molecule has 5 nitrogen and oxygen atoms in total. The summed E-state index contributed by atoms with van der Waals surface area (Å²) in [4.78, 5) is 22.9. The Bertz CT molecular complexity index is 506. The molecule has 0 aliphatic carbocycles. The van der Waals surface area contributed by atoms with Crippen LogP contribution in [0, 0.1) is 5.41 Å². The van der Waals surface area contributed by atoms with E-state index in [0.29, 0.717) is 6.54 Å². The first-order valence-electron chi connectivity index (χ1n) is 6.92. The number of rotatable bonds is 5. The number of ether oxygens (including phenoxy) is 1. The van der Waals surface area contributed by atoms with Gasteiger partial charge >= 0.3 is 5.97 Å². The average Bonchev–Trinajstić information content (AvgIpc) is 2.36. The molecule has 2 N–H and O–H groups in total. The fourth-order valence-corrected chi connectivity index (χ4v) is 2.04. The summed E-state index contributed by atoms with van der Waals surface area (Å²) in [6.45, 7) is 7.93. The van der Waals surface area contributed by atoms with E-state index in [9.17, 15) is 9.59 Å². The van der Waals surface area contributed by atoms with Crippen LogP contribution in [0.5, 0.6) is 0 Å². The number of anilines is 1. The van der Waals surface area contributed by atoms with Crippen molar-refractivity contribution in [3.8, 4) is 0 Å². The number of benzene rings is 1. The van der Waals surface area contributed by atoms with Crippen molar-refractivity contribution in [2.75, 3.05) is 12.4 Å².